The zero-order valence-corrected chi connectivity index (χ0v) is 63.4. The van der Waals surface area contributed by atoms with Crippen LogP contribution in [0.5, 0.6) is 11.5 Å². The van der Waals surface area contributed by atoms with Crippen LogP contribution in [0.4, 0.5) is 22.7 Å². The molecule has 0 N–H and O–H groups in total. The molecule has 0 unspecified atom stereocenters. The molecule has 0 radical (unpaired) electrons. The summed E-state index contributed by atoms with van der Waals surface area (Å²) in [5.41, 5.74) is 21.5. The third-order valence-electron chi connectivity index (χ3n) is 19.5. The Labute approximate surface area is 595 Å². The summed E-state index contributed by atoms with van der Waals surface area (Å²) in [4.78, 5) is 9.75. The Kier molecular flexibility index (Phi) is 16.8. The normalized spacial score (nSPS) is 14.0. The summed E-state index contributed by atoms with van der Waals surface area (Å²) >= 11 is 0. The number of nitrogens with zero attached hydrogens (tertiary/aromatic N) is 4. The van der Waals surface area contributed by atoms with Gasteiger partial charge in [0, 0.05) is 86.0 Å². The van der Waals surface area contributed by atoms with Crippen molar-refractivity contribution in [1.29, 1.82) is 0 Å². The number of pyridine rings is 1. The summed E-state index contributed by atoms with van der Waals surface area (Å²) < 4.78 is 35.8. The molecule has 0 fully saturated rings. The molecule has 0 saturated carbocycles. The van der Waals surface area contributed by atoms with Gasteiger partial charge in [0.2, 0.25) is 0 Å². The van der Waals surface area contributed by atoms with Crippen LogP contribution in [0.15, 0.2) is 174 Å². The fraction of sp³-hybridized carbons (Fsp3) is 0.333. The van der Waals surface area contributed by atoms with E-state index in [4.69, 9.17) is 14.1 Å². The van der Waals surface area contributed by atoms with Gasteiger partial charge in [0.25, 0.3) is 0 Å². The van der Waals surface area contributed by atoms with Crippen LogP contribution in [0, 0.1) is 18.8 Å². The van der Waals surface area contributed by atoms with Crippen molar-refractivity contribution < 1.29 is 33.0 Å². The molecular weight excluding hydrogens is 1360 g/mol. The topological polar surface area (TPSA) is 46.7 Å². The van der Waals surface area contributed by atoms with Gasteiger partial charge in [0.15, 0.2) is 0 Å². The third kappa shape index (κ3) is 12.9. The van der Waals surface area contributed by atoms with Gasteiger partial charge in [-0.05, 0) is 165 Å². The number of para-hydroxylation sites is 3. The van der Waals surface area contributed by atoms with Crippen LogP contribution < -0.4 is 14.5 Å². The fourth-order valence-electron chi connectivity index (χ4n) is 13.7. The largest absolute Gasteiger partial charge is 0.509 e. The van der Waals surface area contributed by atoms with E-state index in [1.807, 2.05) is 76.4 Å². The van der Waals surface area contributed by atoms with E-state index in [-0.39, 0.29) is 53.6 Å². The molecule has 0 spiro atoms. The van der Waals surface area contributed by atoms with Gasteiger partial charge in [-0.2, -0.15) is 6.07 Å². The van der Waals surface area contributed by atoms with Crippen LogP contribution in [-0.4, -0.2) is 9.55 Å². The average molecular weight is 1460 g/mol. The van der Waals surface area contributed by atoms with Gasteiger partial charge in [0.05, 0.1) is 0 Å². The van der Waals surface area contributed by atoms with Crippen molar-refractivity contribution in [1.82, 2.24) is 9.55 Å². The van der Waals surface area contributed by atoms with Crippen LogP contribution in [0.2, 0.25) is 0 Å². The van der Waals surface area contributed by atoms with E-state index in [1.54, 1.807) is 0 Å². The third-order valence-corrected chi connectivity index (χ3v) is 19.5. The summed E-state index contributed by atoms with van der Waals surface area (Å²) in [6.07, 6.45) is 1.90. The molecule has 6 nitrogen and oxygen atoms in total. The molecule has 4 heterocycles. The van der Waals surface area contributed by atoms with Crippen molar-refractivity contribution in [3.05, 3.63) is 233 Å². The molecule has 0 atom stereocenters. The summed E-state index contributed by atoms with van der Waals surface area (Å²) in [5.74, 6) is -0.411. The molecule has 9 aromatic carbocycles. The average Bonchev–Trinajstić information content (AvgIpc) is 1.59. The van der Waals surface area contributed by atoms with Gasteiger partial charge in [-0.3, -0.25) is 0 Å². The number of rotatable bonds is 10. The Hall–Kier alpha value is -8.18. The number of benzene rings is 9. The molecule has 502 valence electrons. The van der Waals surface area contributed by atoms with Gasteiger partial charge < -0.3 is 23.5 Å². The van der Waals surface area contributed by atoms with Gasteiger partial charge >= 0.3 is 0 Å². The van der Waals surface area contributed by atoms with Crippen LogP contribution in [-0.2, 0) is 53.6 Å². The van der Waals surface area contributed by atoms with Crippen LogP contribution >= 0.6 is 0 Å². The van der Waals surface area contributed by atoms with Crippen LogP contribution in [0.1, 0.15) is 211 Å². The van der Waals surface area contributed by atoms with E-state index < -0.39 is 11.8 Å². The predicted octanol–water partition coefficient (Wildman–Crippen LogP) is 25.9. The van der Waals surface area contributed by atoms with Crippen LogP contribution in [0.25, 0.3) is 82.9 Å². The van der Waals surface area contributed by atoms with Crippen molar-refractivity contribution in [2.45, 2.75) is 197 Å². The maximum absolute atomic E-state index is 9.76. The van der Waals surface area contributed by atoms with Gasteiger partial charge in [-0.1, -0.05) is 248 Å². The maximum atomic E-state index is 9.76. The zero-order valence-electron chi connectivity index (χ0n) is 63.2. The first-order valence-corrected chi connectivity index (χ1v) is 34.3. The quantitative estimate of drug-likeness (QED) is 0.128. The summed E-state index contributed by atoms with van der Waals surface area (Å²) in [6.45, 7) is 51.5. The first kappa shape index (κ1) is 66.1. The number of hydrogen-bond donors (Lipinski definition) is 0. The van der Waals surface area contributed by atoms with E-state index in [2.05, 4.69) is 279 Å². The minimum absolute atomic E-state index is 0. The number of furan rings is 1. The second-order valence-electron chi connectivity index (χ2n) is 33.6. The van der Waals surface area contributed by atoms with Crippen molar-refractivity contribution in [2.75, 3.05) is 9.80 Å². The van der Waals surface area contributed by atoms with Crippen molar-refractivity contribution in [3.63, 3.8) is 0 Å². The zero-order chi connectivity index (χ0) is 70.5. The first-order valence-electron chi connectivity index (χ1n) is 35.3. The smallest absolute Gasteiger partial charge is 0.135 e. The van der Waals surface area contributed by atoms with Crippen LogP contribution in [0.3, 0.4) is 0 Å². The summed E-state index contributed by atoms with van der Waals surface area (Å²) in [7, 11) is 0. The molecule has 97 heavy (non-hydrogen) atoms. The van der Waals surface area contributed by atoms with E-state index in [1.165, 1.54) is 27.8 Å². The summed E-state index contributed by atoms with van der Waals surface area (Å²) in [6, 6.07) is 67.2. The second-order valence-corrected chi connectivity index (χ2v) is 33.6. The number of hydrogen-bond acceptors (Lipinski definition) is 5. The Bertz CT molecular complexity index is 4950. The predicted molar refractivity (Wildman–Crippen MR) is 408 cm³/mol. The minimum atomic E-state index is -1.05. The Morgan fingerprint density at radius 2 is 0.969 bits per heavy atom. The molecular formula is C90H97N4O2Pt-3. The van der Waals surface area contributed by atoms with Crippen molar-refractivity contribution in [3.8, 4) is 50.7 Å². The molecule has 1 aliphatic heterocycles. The van der Waals surface area contributed by atoms with Crippen molar-refractivity contribution >= 4 is 66.5 Å². The molecule has 3 aromatic heterocycles. The Morgan fingerprint density at radius 1 is 0.464 bits per heavy atom. The fourth-order valence-corrected chi connectivity index (χ4v) is 13.7. The SMILES string of the molecule is [2H]C(C)(C)c1cccc(C([2H])(C)C)c1-c1cc(Oc2[c-]c3c(cc2)c2c4oc5ccccc5c4ccc2n3-c2cc(C(C)(C)C)ccn2)[c-]c(N2[CH-]N(c3c(-c4cc(C(C)(C)C)cc(C(C)(C)C)c4)cc(C(C)(C)C)cc3-c3cc(C(C)(C)C)cc(C(C)(C)C)c3)c3ccccc32)c1.[Pt]. The van der Waals surface area contributed by atoms with E-state index in [0.29, 0.717) is 17.2 Å². The molecule has 7 heteroatoms. The Morgan fingerprint density at radius 3 is 1.51 bits per heavy atom. The van der Waals surface area contributed by atoms with E-state index in [9.17, 15) is 2.74 Å². The molecule has 0 bridgehead atoms. The molecule has 12 aromatic rings. The molecule has 13 rings (SSSR count). The van der Waals surface area contributed by atoms with Crippen molar-refractivity contribution in [2.24, 2.45) is 0 Å². The number of fused-ring (bicyclic) bond motifs is 8. The first-order chi connectivity index (χ1) is 45.6. The summed E-state index contributed by atoms with van der Waals surface area (Å²) in [5, 5.41) is 4.01. The standard InChI is InChI=1S/C90H97N4O2.Pt/c1-54(2)68-29-27-30-69(55(3)4)81(68)58-44-65(51-67(45-58)95-66-34-35-72-78(52-66)94(80-50-59(38-39-91-80)85(5,6)7)77-37-36-71-70-28-23-26-33-79(70)96-84(71)82(72)77)92-53-93(76-32-25-24-31-75(76)92)83-73(56-40-60(86(8,9)10)46-61(41-56)87(11,12)13)48-64(90(20,21)22)49-74(83)57-42-62(88(14,15)16)47-63(43-57)89(17,18)19;/h23-50,53-55H,1-22H3;/q-3;/i54D,55D;. The van der Waals surface area contributed by atoms with Gasteiger partial charge in [-0.15, -0.1) is 48.3 Å². The van der Waals surface area contributed by atoms with Gasteiger partial charge in [-0.25, -0.2) is 4.98 Å². The minimum Gasteiger partial charge on any atom is -0.509 e. The number of ether oxygens (including phenoxy) is 1. The maximum Gasteiger partial charge on any atom is 0.135 e. The number of anilines is 4. The number of aromatic nitrogens is 2. The molecule has 0 aliphatic carbocycles. The molecule has 1 aliphatic rings. The monoisotopic (exact) mass is 1460 g/mol. The molecule has 0 saturated heterocycles. The Balaban J connectivity index is 0.00000931. The second kappa shape index (κ2) is 24.7. The van der Waals surface area contributed by atoms with E-state index in [0.717, 1.165) is 117 Å². The molecule has 0 amide bonds. The van der Waals surface area contributed by atoms with E-state index >= 15 is 0 Å². The van der Waals surface area contributed by atoms with Gasteiger partial charge in [0.1, 0.15) is 17.0 Å².